The number of nitrogens with one attached hydrogen (secondary N) is 3. The molecule has 1 aromatic carbocycles. The van der Waals surface area contributed by atoms with E-state index in [0.29, 0.717) is 19.8 Å². The number of amides is 3. The predicted octanol–water partition coefficient (Wildman–Crippen LogP) is 0.661. The van der Waals surface area contributed by atoms with Crippen LogP contribution >= 0.6 is 0 Å². The van der Waals surface area contributed by atoms with Gasteiger partial charge >= 0.3 is 6.03 Å². The largest absolute Gasteiger partial charge is 0.490 e. The molecule has 1 aromatic rings. The zero-order valence-electron chi connectivity index (χ0n) is 15.9. The van der Waals surface area contributed by atoms with E-state index in [1.54, 1.807) is 0 Å². The number of quaternary nitrogens is 1. The first-order valence-corrected chi connectivity index (χ1v) is 9.39. The van der Waals surface area contributed by atoms with Crippen LogP contribution in [-0.2, 0) is 17.8 Å². The summed E-state index contributed by atoms with van der Waals surface area (Å²) in [6.45, 7) is 9.44. The highest BCUT2D eigenvalue weighted by atomic mass is 16.5. The van der Waals surface area contributed by atoms with Crippen molar-refractivity contribution in [3.8, 4) is 11.5 Å². The average Bonchev–Trinajstić information content (AvgIpc) is 2.61. The van der Waals surface area contributed by atoms with Gasteiger partial charge in [0.05, 0.1) is 19.8 Å². The Hall–Kier alpha value is -2.28. The van der Waals surface area contributed by atoms with Crippen molar-refractivity contribution in [3.05, 3.63) is 23.3 Å². The summed E-state index contributed by atoms with van der Waals surface area (Å²) >= 11 is 0. The van der Waals surface area contributed by atoms with Gasteiger partial charge in [0.2, 0.25) is 0 Å². The zero-order valence-corrected chi connectivity index (χ0v) is 15.9. The molecule has 1 aliphatic rings. The molecule has 26 heavy (non-hydrogen) atoms. The summed E-state index contributed by atoms with van der Waals surface area (Å²) in [5, 5.41) is 5.03. The molecule has 0 saturated heterocycles. The monoisotopic (exact) mass is 364 g/mol. The maximum atomic E-state index is 12.1. The molecule has 0 radical (unpaired) electrons. The standard InChI is InChI=1S/C19H29N3O4/c1-4-8-20-19(24)21-18(23)13-22-9-7-14-10-16(25-5-2)17(26-6-3)11-15(14)12-22/h10-11H,4-9,12-13H2,1-3H3,(H2,20,21,23,24)/p+1. The molecule has 1 aliphatic heterocycles. The lowest BCUT2D eigenvalue weighted by Gasteiger charge is -2.26. The van der Waals surface area contributed by atoms with Crippen LogP contribution in [0.25, 0.3) is 0 Å². The van der Waals surface area contributed by atoms with Crippen LogP contribution < -0.4 is 25.0 Å². The number of hydrogen-bond acceptors (Lipinski definition) is 4. The van der Waals surface area contributed by atoms with Crippen molar-refractivity contribution in [1.82, 2.24) is 10.6 Å². The minimum Gasteiger partial charge on any atom is -0.490 e. The van der Waals surface area contributed by atoms with Crippen molar-refractivity contribution in [2.45, 2.75) is 40.2 Å². The second kappa shape index (κ2) is 10.0. The number of ether oxygens (including phenoxy) is 2. The Kier molecular flexibility index (Phi) is 7.72. The maximum absolute atomic E-state index is 12.1. The third-order valence-corrected chi connectivity index (χ3v) is 4.25. The topological polar surface area (TPSA) is 81.1 Å². The Labute approximate surface area is 155 Å². The molecule has 7 heteroatoms. The third kappa shape index (κ3) is 5.62. The molecule has 0 aliphatic carbocycles. The summed E-state index contributed by atoms with van der Waals surface area (Å²) in [6, 6.07) is 3.65. The summed E-state index contributed by atoms with van der Waals surface area (Å²) in [6.07, 6.45) is 1.70. The molecule has 3 N–H and O–H groups in total. The fraction of sp³-hybridized carbons (Fsp3) is 0.579. The van der Waals surface area contributed by atoms with E-state index in [1.807, 2.05) is 26.8 Å². The van der Waals surface area contributed by atoms with E-state index in [9.17, 15) is 9.59 Å². The number of imide groups is 1. The molecule has 0 aromatic heterocycles. The minimum atomic E-state index is -0.423. The van der Waals surface area contributed by atoms with E-state index in [4.69, 9.17) is 9.47 Å². The van der Waals surface area contributed by atoms with Crippen molar-refractivity contribution in [1.29, 1.82) is 0 Å². The Morgan fingerprint density at radius 2 is 1.73 bits per heavy atom. The van der Waals surface area contributed by atoms with E-state index in [1.165, 1.54) is 11.1 Å². The lowest BCUT2D eigenvalue weighted by molar-refractivity contribution is -0.908. The Morgan fingerprint density at radius 1 is 1.08 bits per heavy atom. The van der Waals surface area contributed by atoms with Crippen molar-refractivity contribution in [2.75, 3.05) is 32.8 Å². The van der Waals surface area contributed by atoms with Crippen LogP contribution in [-0.4, -0.2) is 44.8 Å². The number of fused-ring (bicyclic) bond motifs is 1. The molecule has 2 rings (SSSR count). The van der Waals surface area contributed by atoms with E-state index < -0.39 is 6.03 Å². The van der Waals surface area contributed by atoms with Gasteiger partial charge in [-0.05, 0) is 38.0 Å². The molecule has 0 fully saturated rings. The molecule has 144 valence electrons. The summed E-state index contributed by atoms with van der Waals surface area (Å²) in [4.78, 5) is 24.8. The van der Waals surface area contributed by atoms with Gasteiger partial charge in [-0.3, -0.25) is 10.1 Å². The first-order chi connectivity index (χ1) is 12.6. The van der Waals surface area contributed by atoms with Crippen molar-refractivity contribution in [3.63, 3.8) is 0 Å². The predicted molar refractivity (Wildman–Crippen MR) is 98.7 cm³/mol. The first kappa shape index (κ1) is 20.0. The van der Waals surface area contributed by atoms with E-state index in [2.05, 4.69) is 16.7 Å². The van der Waals surface area contributed by atoms with Gasteiger partial charge in [0.15, 0.2) is 18.0 Å². The average molecular weight is 364 g/mol. The van der Waals surface area contributed by atoms with Gasteiger partial charge in [0, 0.05) is 18.5 Å². The highest BCUT2D eigenvalue weighted by molar-refractivity contribution is 5.94. The zero-order chi connectivity index (χ0) is 18.9. The highest BCUT2D eigenvalue weighted by Gasteiger charge is 2.24. The molecule has 1 atom stereocenters. The molecule has 1 heterocycles. The van der Waals surface area contributed by atoms with Gasteiger partial charge in [0.25, 0.3) is 5.91 Å². The summed E-state index contributed by atoms with van der Waals surface area (Å²) in [7, 11) is 0. The smallest absolute Gasteiger partial charge is 0.321 e. The van der Waals surface area contributed by atoms with Gasteiger partial charge in [-0.2, -0.15) is 0 Å². The fourth-order valence-electron chi connectivity index (χ4n) is 3.08. The molecule has 0 bridgehead atoms. The first-order valence-electron chi connectivity index (χ1n) is 9.39. The quantitative estimate of drug-likeness (QED) is 0.633. The van der Waals surface area contributed by atoms with E-state index >= 15 is 0 Å². The van der Waals surface area contributed by atoms with Gasteiger partial charge in [-0.25, -0.2) is 4.79 Å². The van der Waals surface area contributed by atoms with Crippen LogP contribution in [0.4, 0.5) is 4.79 Å². The van der Waals surface area contributed by atoms with Crippen LogP contribution in [0.5, 0.6) is 11.5 Å². The maximum Gasteiger partial charge on any atom is 0.321 e. The summed E-state index contributed by atoms with van der Waals surface area (Å²) in [5.74, 6) is 1.27. The number of hydrogen-bond donors (Lipinski definition) is 3. The molecule has 0 spiro atoms. The second-order valence-electron chi connectivity index (χ2n) is 6.34. The van der Waals surface area contributed by atoms with Gasteiger partial charge < -0.3 is 19.7 Å². The lowest BCUT2D eigenvalue weighted by atomic mass is 9.99. The highest BCUT2D eigenvalue weighted by Crippen LogP contribution is 2.32. The number of carbonyl (C=O) groups excluding carboxylic acids is 2. The Bertz CT molecular complexity index is 633. The van der Waals surface area contributed by atoms with Crippen LogP contribution in [0.15, 0.2) is 12.1 Å². The Morgan fingerprint density at radius 3 is 2.35 bits per heavy atom. The SMILES string of the molecule is CCCNC(=O)NC(=O)C[NH+]1CCc2cc(OCC)c(OCC)cc2C1. The number of urea groups is 1. The lowest BCUT2D eigenvalue weighted by Crippen LogP contribution is -3.13. The minimum absolute atomic E-state index is 0.256. The van der Waals surface area contributed by atoms with E-state index in [0.717, 1.165) is 42.3 Å². The molecule has 3 amide bonds. The van der Waals surface area contributed by atoms with Gasteiger partial charge in [-0.15, -0.1) is 0 Å². The number of rotatable bonds is 8. The van der Waals surface area contributed by atoms with Gasteiger partial charge in [-0.1, -0.05) is 6.92 Å². The molecular weight excluding hydrogens is 334 g/mol. The molecule has 7 nitrogen and oxygen atoms in total. The fourth-order valence-corrected chi connectivity index (χ4v) is 3.08. The van der Waals surface area contributed by atoms with E-state index in [-0.39, 0.29) is 12.5 Å². The molecular formula is C19H30N3O4+. The van der Waals surface area contributed by atoms with Crippen molar-refractivity contribution in [2.24, 2.45) is 0 Å². The Balaban J connectivity index is 1.98. The summed E-state index contributed by atoms with van der Waals surface area (Å²) in [5.41, 5.74) is 2.41. The molecule has 1 unspecified atom stereocenters. The van der Waals surface area contributed by atoms with Crippen LogP contribution in [0, 0.1) is 0 Å². The summed E-state index contributed by atoms with van der Waals surface area (Å²) < 4.78 is 11.4. The van der Waals surface area contributed by atoms with Crippen molar-refractivity contribution < 1.29 is 24.0 Å². The van der Waals surface area contributed by atoms with Crippen LogP contribution in [0.2, 0.25) is 0 Å². The molecule has 0 saturated carbocycles. The third-order valence-electron chi connectivity index (χ3n) is 4.25. The van der Waals surface area contributed by atoms with Crippen LogP contribution in [0.1, 0.15) is 38.3 Å². The normalized spacial score (nSPS) is 15.7. The van der Waals surface area contributed by atoms with Crippen LogP contribution in [0.3, 0.4) is 0 Å². The van der Waals surface area contributed by atoms with Crippen molar-refractivity contribution >= 4 is 11.9 Å². The number of benzene rings is 1. The van der Waals surface area contributed by atoms with Gasteiger partial charge in [0.1, 0.15) is 6.54 Å². The second-order valence-corrected chi connectivity index (χ2v) is 6.34. The number of carbonyl (C=O) groups is 2.